The monoisotopic (exact) mass is 460 g/mol. The first-order valence-corrected chi connectivity index (χ1v) is 11.0. The number of methoxy groups -OCH3 is 1. The maximum absolute atomic E-state index is 14.2. The Morgan fingerprint density at radius 3 is 2.53 bits per heavy atom. The van der Waals surface area contributed by atoms with E-state index in [1.165, 1.54) is 38.6 Å². The molecule has 32 heavy (non-hydrogen) atoms. The molecule has 3 rings (SSSR count). The van der Waals surface area contributed by atoms with E-state index < -0.39 is 21.7 Å². The largest absolute Gasteiger partial charge is 0.497 e. The van der Waals surface area contributed by atoms with Crippen LogP contribution in [0.1, 0.15) is 10.4 Å². The van der Waals surface area contributed by atoms with Crippen LogP contribution in [0, 0.1) is 5.82 Å². The molecule has 0 aliphatic rings. The second kappa shape index (κ2) is 9.06. The van der Waals surface area contributed by atoms with Gasteiger partial charge in [0.1, 0.15) is 22.9 Å². The third kappa shape index (κ3) is 5.03. The minimum absolute atomic E-state index is 0.00709. The van der Waals surface area contributed by atoms with Crippen LogP contribution >= 0.6 is 0 Å². The van der Waals surface area contributed by atoms with Crippen LogP contribution in [0.2, 0.25) is 0 Å². The van der Waals surface area contributed by atoms with Crippen molar-refractivity contribution >= 4 is 44.8 Å². The number of aromatic nitrogens is 2. The fourth-order valence-electron chi connectivity index (χ4n) is 2.73. The van der Waals surface area contributed by atoms with Gasteiger partial charge in [0.05, 0.1) is 30.4 Å². The van der Waals surface area contributed by atoms with Crippen molar-refractivity contribution in [2.75, 3.05) is 35.4 Å². The SMILES string of the molecule is COc1ccc(F)c(Nc2ncc(C(N)=O)c(Nc3ccccc3N(C)S(C)(=O)=O)n2)c1. The van der Waals surface area contributed by atoms with Crippen LogP contribution in [0.25, 0.3) is 0 Å². The van der Waals surface area contributed by atoms with Gasteiger partial charge >= 0.3 is 0 Å². The molecule has 1 aromatic heterocycles. The van der Waals surface area contributed by atoms with Gasteiger partial charge in [-0.05, 0) is 24.3 Å². The zero-order chi connectivity index (χ0) is 23.5. The van der Waals surface area contributed by atoms with Crippen molar-refractivity contribution in [1.82, 2.24) is 9.97 Å². The fourth-order valence-corrected chi connectivity index (χ4v) is 3.24. The van der Waals surface area contributed by atoms with Crippen LogP contribution < -0.4 is 25.4 Å². The first-order valence-electron chi connectivity index (χ1n) is 9.17. The molecule has 0 unspecified atom stereocenters. The molecule has 10 nitrogen and oxygen atoms in total. The second-order valence-electron chi connectivity index (χ2n) is 6.66. The van der Waals surface area contributed by atoms with Crippen LogP contribution in [0.15, 0.2) is 48.7 Å². The number of benzene rings is 2. The predicted molar refractivity (Wildman–Crippen MR) is 120 cm³/mol. The smallest absolute Gasteiger partial charge is 0.254 e. The van der Waals surface area contributed by atoms with Gasteiger partial charge in [0.25, 0.3) is 5.91 Å². The number of rotatable bonds is 8. The lowest BCUT2D eigenvalue weighted by atomic mass is 10.2. The molecule has 4 N–H and O–H groups in total. The van der Waals surface area contributed by atoms with Gasteiger partial charge in [0.2, 0.25) is 16.0 Å². The molecule has 0 aliphatic carbocycles. The summed E-state index contributed by atoms with van der Waals surface area (Å²) in [5.41, 5.74) is 6.11. The summed E-state index contributed by atoms with van der Waals surface area (Å²) in [4.78, 5) is 20.1. The van der Waals surface area contributed by atoms with Crippen LogP contribution in [0.3, 0.4) is 0 Å². The maximum Gasteiger partial charge on any atom is 0.254 e. The number of anilines is 5. The van der Waals surface area contributed by atoms with Gasteiger partial charge in [-0.2, -0.15) is 4.98 Å². The number of ether oxygens (including phenoxy) is 1. The third-order valence-corrected chi connectivity index (χ3v) is 5.66. The molecule has 0 fully saturated rings. The minimum Gasteiger partial charge on any atom is -0.497 e. The zero-order valence-electron chi connectivity index (χ0n) is 17.5. The van der Waals surface area contributed by atoms with E-state index >= 15 is 0 Å². The molecular formula is C20H21FN6O4S. The average molecular weight is 460 g/mol. The van der Waals surface area contributed by atoms with Gasteiger partial charge in [-0.3, -0.25) is 9.10 Å². The predicted octanol–water partition coefficient (Wildman–Crippen LogP) is 2.61. The molecule has 0 radical (unpaired) electrons. The van der Waals surface area contributed by atoms with Crippen molar-refractivity contribution in [3.05, 3.63) is 60.0 Å². The highest BCUT2D eigenvalue weighted by atomic mass is 32.2. The van der Waals surface area contributed by atoms with Gasteiger partial charge in [-0.15, -0.1) is 0 Å². The quantitative estimate of drug-likeness (QED) is 0.466. The number of primary amides is 1. The minimum atomic E-state index is -3.55. The molecule has 0 saturated carbocycles. The summed E-state index contributed by atoms with van der Waals surface area (Å²) in [5.74, 6) is -0.978. The van der Waals surface area contributed by atoms with Crippen LogP contribution in [0.4, 0.5) is 33.2 Å². The molecular weight excluding hydrogens is 439 g/mol. The molecule has 0 saturated heterocycles. The highest BCUT2D eigenvalue weighted by Gasteiger charge is 2.19. The van der Waals surface area contributed by atoms with E-state index in [1.807, 2.05) is 0 Å². The summed E-state index contributed by atoms with van der Waals surface area (Å²) in [6.45, 7) is 0. The first kappa shape index (κ1) is 22.7. The van der Waals surface area contributed by atoms with Crippen molar-refractivity contribution in [2.24, 2.45) is 5.73 Å². The van der Waals surface area contributed by atoms with E-state index in [0.29, 0.717) is 17.1 Å². The molecule has 0 aliphatic heterocycles. The third-order valence-electron chi connectivity index (χ3n) is 4.47. The number of carbonyl (C=O) groups excluding carboxylic acids is 1. The molecule has 12 heteroatoms. The van der Waals surface area contributed by atoms with Crippen molar-refractivity contribution in [3.8, 4) is 5.75 Å². The highest BCUT2D eigenvalue weighted by molar-refractivity contribution is 7.92. The average Bonchev–Trinajstić information content (AvgIpc) is 2.74. The first-order chi connectivity index (χ1) is 15.1. The molecule has 1 heterocycles. The summed E-state index contributed by atoms with van der Waals surface area (Å²) in [7, 11) is -0.715. The van der Waals surface area contributed by atoms with Crippen molar-refractivity contribution in [1.29, 1.82) is 0 Å². The Balaban J connectivity index is 2.02. The molecule has 168 valence electrons. The van der Waals surface area contributed by atoms with Gasteiger partial charge in [-0.25, -0.2) is 17.8 Å². The Labute approximate surface area is 184 Å². The topological polar surface area (TPSA) is 140 Å². The number of sulfonamides is 1. The number of hydrogen-bond donors (Lipinski definition) is 3. The molecule has 2 aromatic carbocycles. The van der Waals surface area contributed by atoms with E-state index in [4.69, 9.17) is 10.5 Å². The number of amides is 1. The van der Waals surface area contributed by atoms with Crippen LogP contribution in [-0.4, -0.2) is 44.7 Å². The Hall–Kier alpha value is -3.93. The number of carbonyl (C=O) groups is 1. The zero-order valence-corrected chi connectivity index (χ0v) is 18.3. The maximum atomic E-state index is 14.2. The molecule has 0 atom stereocenters. The van der Waals surface area contributed by atoms with Crippen molar-refractivity contribution < 1.29 is 22.3 Å². The van der Waals surface area contributed by atoms with Gasteiger partial charge in [-0.1, -0.05) is 12.1 Å². The van der Waals surface area contributed by atoms with Crippen molar-refractivity contribution in [3.63, 3.8) is 0 Å². The molecule has 0 bridgehead atoms. The van der Waals surface area contributed by atoms with E-state index in [2.05, 4.69) is 20.6 Å². The molecule has 3 aromatic rings. The summed E-state index contributed by atoms with van der Waals surface area (Å²) < 4.78 is 44.3. The number of para-hydroxylation sites is 2. The Kier molecular flexibility index (Phi) is 6.44. The van der Waals surface area contributed by atoms with Crippen molar-refractivity contribution in [2.45, 2.75) is 0 Å². The van der Waals surface area contributed by atoms with E-state index in [1.54, 1.807) is 24.3 Å². The van der Waals surface area contributed by atoms with Gasteiger partial charge in [0.15, 0.2) is 0 Å². The Morgan fingerprint density at radius 2 is 1.88 bits per heavy atom. The summed E-state index contributed by atoms with van der Waals surface area (Å²) >= 11 is 0. The summed E-state index contributed by atoms with van der Waals surface area (Å²) in [6, 6.07) is 10.6. The van der Waals surface area contributed by atoms with Crippen LogP contribution in [0.5, 0.6) is 5.75 Å². The lowest BCUT2D eigenvalue weighted by molar-refractivity contribution is 0.100. The van der Waals surface area contributed by atoms with E-state index in [9.17, 15) is 17.6 Å². The molecule has 1 amide bonds. The Bertz CT molecular complexity index is 1270. The summed E-state index contributed by atoms with van der Waals surface area (Å²) in [5, 5.41) is 5.65. The number of halogens is 1. The number of nitrogens with zero attached hydrogens (tertiary/aromatic N) is 3. The molecule has 0 spiro atoms. The van der Waals surface area contributed by atoms with Crippen LogP contribution in [-0.2, 0) is 10.0 Å². The van der Waals surface area contributed by atoms with Gasteiger partial charge in [0, 0.05) is 19.3 Å². The standard InChI is InChI=1S/C20H21FN6O4S/c1-27(32(3,29)30)17-7-5-4-6-15(17)24-19-13(18(22)28)11-23-20(26-19)25-16-10-12(31-2)8-9-14(16)21/h4-11H,1-3H3,(H2,22,28)(H2,23,24,25,26). The van der Waals surface area contributed by atoms with E-state index in [-0.39, 0.29) is 23.0 Å². The number of nitrogens with one attached hydrogen (secondary N) is 2. The highest BCUT2D eigenvalue weighted by Crippen LogP contribution is 2.31. The Morgan fingerprint density at radius 1 is 1.16 bits per heavy atom. The number of hydrogen-bond acceptors (Lipinski definition) is 8. The lowest BCUT2D eigenvalue weighted by Gasteiger charge is -2.21. The summed E-state index contributed by atoms with van der Waals surface area (Å²) in [6.07, 6.45) is 2.25. The van der Waals surface area contributed by atoms with Gasteiger partial charge < -0.3 is 21.1 Å². The second-order valence-corrected chi connectivity index (χ2v) is 8.68. The van der Waals surface area contributed by atoms with E-state index in [0.717, 1.165) is 10.6 Å². The lowest BCUT2D eigenvalue weighted by Crippen LogP contribution is -2.25. The normalized spacial score (nSPS) is 11.0. The fraction of sp³-hybridized carbons (Fsp3) is 0.150. The number of nitrogens with two attached hydrogens (primary N) is 1.